The van der Waals surface area contributed by atoms with E-state index in [1.54, 1.807) is 0 Å². The van der Waals surface area contributed by atoms with Crippen molar-refractivity contribution in [1.29, 1.82) is 0 Å². The summed E-state index contributed by atoms with van der Waals surface area (Å²) in [6.45, 7) is 1.39. The predicted octanol–water partition coefficient (Wildman–Crippen LogP) is -2.39. The summed E-state index contributed by atoms with van der Waals surface area (Å²) in [5.41, 5.74) is 0. The van der Waals surface area contributed by atoms with E-state index in [4.69, 9.17) is 25.5 Å². The van der Waals surface area contributed by atoms with Crippen LogP contribution in [-0.2, 0) is 9.59 Å². The summed E-state index contributed by atoms with van der Waals surface area (Å²) < 4.78 is 0. The second-order valence-corrected chi connectivity index (χ2v) is 3.54. The van der Waals surface area contributed by atoms with Crippen molar-refractivity contribution in [2.24, 2.45) is 0 Å². The number of carbonyl (C=O) groups is 2. The van der Waals surface area contributed by atoms with E-state index in [1.807, 2.05) is 0 Å². The van der Waals surface area contributed by atoms with E-state index in [2.05, 4.69) is 5.32 Å². The molecule has 1 aliphatic heterocycles. The standard InChI is InChI=1S/C5H11NO.C4H6O6/c7-4-5-2-1-3-6-5;5-1(3(7)8)2(6)4(9)10/h5-7H,1-4H2;1-2,5-6H,(H,7,8)(H,9,10)/t5-;/m0./s1. The highest BCUT2D eigenvalue weighted by atomic mass is 16.4. The van der Waals surface area contributed by atoms with E-state index in [9.17, 15) is 9.59 Å². The van der Waals surface area contributed by atoms with Crippen LogP contribution < -0.4 is 5.32 Å². The molecule has 1 rings (SSSR count). The molecule has 0 radical (unpaired) electrons. The highest BCUT2D eigenvalue weighted by Gasteiger charge is 2.29. The Bertz CT molecular complexity index is 234. The minimum atomic E-state index is -2.27. The van der Waals surface area contributed by atoms with Gasteiger partial charge in [-0.2, -0.15) is 0 Å². The third-order valence-electron chi connectivity index (χ3n) is 2.19. The predicted molar refractivity (Wildman–Crippen MR) is 55.4 cm³/mol. The number of hydrogen-bond donors (Lipinski definition) is 6. The molecule has 1 fully saturated rings. The summed E-state index contributed by atoms with van der Waals surface area (Å²) in [7, 11) is 0. The van der Waals surface area contributed by atoms with Gasteiger partial charge in [-0.3, -0.25) is 0 Å². The number of carboxylic acids is 2. The molecule has 17 heavy (non-hydrogen) atoms. The molecule has 6 N–H and O–H groups in total. The molecule has 1 aliphatic rings. The molecule has 100 valence electrons. The summed E-state index contributed by atoms with van der Waals surface area (Å²) in [6, 6.07) is 0.403. The fourth-order valence-corrected chi connectivity index (χ4v) is 1.18. The normalized spacial score (nSPS) is 22.2. The maximum atomic E-state index is 9.77. The number of aliphatic hydroxyl groups excluding tert-OH is 3. The lowest BCUT2D eigenvalue weighted by molar-refractivity contribution is -0.165. The van der Waals surface area contributed by atoms with Crippen LogP contribution in [0.25, 0.3) is 0 Å². The lowest BCUT2D eigenvalue weighted by Gasteiger charge is -2.07. The molecule has 8 heteroatoms. The van der Waals surface area contributed by atoms with Gasteiger partial charge in [-0.1, -0.05) is 0 Å². The number of nitrogens with one attached hydrogen (secondary N) is 1. The summed E-state index contributed by atoms with van der Waals surface area (Å²) in [6.07, 6.45) is -2.16. The fourth-order valence-electron chi connectivity index (χ4n) is 1.18. The van der Waals surface area contributed by atoms with Gasteiger partial charge < -0.3 is 30.8 Å². The zero-order valence-electron chi connectivity index (χ0n) is 9.11. The van der Waals surface area contributed by atoms with Crippen LogP contribution in [0.5, 0.6) is 0 Å². The molecule has 0 aromatic heterocycles. The van der Waals surface area contributed by atoms with Crippen molar-refractivity contribution in [3.63, 3.8) is 0 Å². The summed E-state index contributed by atoms with van der Waals surface area (Å²) in [4.78, 5) is 19.5. The molecular formula is C9H17NO7. The first kappa shape index (κ1) is 15.8. The highest BCUT2D eigenvalue weighted by molar-refractivity contribution is 5.83. The lowest BCUT2D eigenvalue weighted by atomic mass is 10.2. The number of carboxylic acid groups (broad SMARTS) is 2. The molecule has 0 bridgehead atoms. The van der Waals surface area contributed by atoms with Gasteiger partial charge >= 0.3 is 11.9 Å². The van der Waals surface area contributed by atoms with Crippen molar-refractivity contribution < 1.29 is 35.1 Å². The Kier molecular flexibility index (Phi) is 7.39. The Morgan fingerprint density at radius 1 is 1.18 bits per heavy atom. The van der Waals surface area contributed by atoms with E-state index < -0.39 is 24.1 Å². The second-order valence-electron chi connectivity index (χ2n) is 3.54. The molecule has 0 amide bonds. The van der Waals surface area contributed by atoms with E-state index in [0.717, 1.165) is 13.0 Å². The largest absolute Gasteiger partial charge is 0.479 e. The molecule has 0 aromatic rings. The molecule has 1 saturated heterocycles. The average molecular weight is 251 g/mol. The zero-order valence-corrected chi connectivity index (χ0v) is 9.11. The van der Waals surface area contributed by atoms with Crippen LogP contribution in [0.1, 0.15) is 12.8 Å². The first-order valence-corrected chi connectivity index (χ1v) is 5.06. The topological polar surface area (TPSA) is 147 Å². The molecule has 1 heterocycles. The third kappa shape index (κ3) is 6.17. The van der Waals surface area contributed by atoms with Gasteiger partial charge in [0.25, 0.3) is 0 Å². The Morgan fingerprint density at radius 3 is 1.82 bits per heavy atom. The van der Waals surface area contributed by atoms with Gasteiger partial charge in [-0.05, 0) is 19.4 Å². The van der Waals surface area contributed by atoms with Crippen LogP contribution in [0.2, 0.25) is 0 Å². The molecule has 0 spiro atoms. The zero-order chi connectivity index (χ0) is 13.4. The maximum absolute atomic E-state index is 9.77. The summed E-state index contributed by atoms with van der Waals surface area (Å²) in [5, 5.41) is 44.2. The molecular weight excluding hydrogens is 234 g/mol. The summed E-state index contributed by atoms with van der Waals surface area (Å²) in [5.74, 6) is -3.54. The van der Waals surface area contributed by atoms with Crippen molar-refractivity contribution >= 4 is 11.9 Å². The SMILES string of the molecule is O=C(O)C(O)C(O)C(=O)O.OC[C@@H]1CCCN1. The molecule has 3 atom stereocenters. The minimum absolute atomic E-state index is 0.306. The van der Waals surface area contributed by atoms with Crippen LogP contribution in [0, 0.1) is 0 Å². The van der Waals surface area contributed by atoms with Crippen molar-refractivity contribution in [3.05, 3.63) is 0 Å². The van der Waals surface area contributed by atoms with Crippen LogP contribution in [0.15, 0.2) is 0 Å². The highest BCUT2D eigenvalue weighted by Crippen LogP contribution is 2.02. The van der Waals surface area contributed by atoms with E-state index in [-0.39, 0.29) is 0 Å². The minimum Gasteiger partial charge on any atom is -0.479 e. The molecule has 2 unspecified atom stereocenters. The number of aliphatic hydroxyl groups is 3. The van der Waals surface area contributed by atoms with Gasteiger partial charge in [-0.15, -0.1) is 0 Å². The second kappa shape index (κ2) is 7.96. The molecule has 0 aromatic carbocycles. The Labute approximate surface area is 97.5 Å². The third-order valence-corrected chi connectivity index (χ3v) is 2.19. The van der Waals surface area contributed by atoms with Crippen molar-refractivity contribution in [1.82, 2.24) is 5.32 Å². The Hall–Kier alpha value is -1.22. The molecule has 8 nitrogen and oxygen atoms in total. The quantitative estimate of drug-likeness (QED) is 0.324. The number of hydrogen-bond acceptors (Lipinski definition) is 6. The Morgan fingerprint density at radius 2 is 1.65 bits per heavy atom. The number of rotatable bonds is 4. The van der Waals surface area contributed by atoms with Crippen molar-refractivity contribution in [2.45, 2.75) is 31.1 Å². The molecule has 0 saturated carbocycles. The van der Waals surface area contributed by atoms with Crippen molar-refractivity contribution in [2.75, 3.05) is 13.2 Å². The van der Waals surface area contributed by atoms with Crippen molar-refractivity contribution in [3.8, 4) is 0 Å². The van der Waals surface area contributed by atoms with E-state index >= 15 is 0 Å². The van der Waals surface area contributed by atoms with Crippen LogP contribution in [-0.4, -0.2) is 68.9 Å². The fraction of sp³-hybridized carbons (Fsp3) is 0.778. The smallest absolute Gasteiger partial charge is 0.335 e. The van der Waals surface area contributed by atoms with Gasteiger partial charge in [-0.25, -0.2) is 9.59 Å². The van der Waals surface area contributed by atoms with Gasteiger partial charge in [0.2, 0.25) is 0 Å². The lowest BCUT2D eigenvalue weighted by Crippen LogP contribution is -2.39. The Balaban J connectivity index is 0.000000318. The van der Waals surface area contributed by atoms with E-state index in [0.29, 0.717) is 12.6 Å². The van der Waals surface area contributed by atoms with Crippen LogP contribution in [0.3, 0.4) is 0 Å². The van der Waals surface area contributed by atoms with Crippen LogP contribution in [0.4, 0.5) is 0 Å². The van der Waals surface area contributed by atoms with Gasteiger partial charge in [0.1, 0.15) is 0 Å². The van der Waals surface area contributed by atoms with Gasteiger partial charge in [0.15, 0.2) is 12.2 Å². The van der Waals surface area contributed by atoms with Gasteiger partial charge in [0, 0.05) is 6.04 Å². The number of aliphatic carboxylic acids is 2. The average Bonchev–Trinajstić information content (AvgIpc) is 2.80. The first-order chi connectivity index (χ1) is 7.90. The monoisotopic (exact) mass is 251 g/mol. The summed E-state index contributed by atoms with van der Waals surface area (Å²) >= 11 is 0. The molecule has 0 aliphatic carbocycles. The maximum Gasteiger partial charge on any atom is 0.335 e. The first-order valence-electron chi connectivity index (χ1n) is 5.06. The van der Waals surface area contributed by atoms with Crippen LogP contribution >= 0.6 is 0 Å². The van der Waals surface area contributed by atoms with Gasteiger partial charge in [0.05, 0.1) is 6.61 Å². The van der Waals surface area contributed by atoms with E-state index in [1.165, 1.54) is 6.42 Å².